The van der Waals surface area contributed by atoms with E-state index < -0.39 is 0 Å². The Morgan fingerprint density at radius 2 is 2.23 bits per heavy atom. The van der Waals surface area contributed by atoms with Gasteiger partial charge in [0.25, 0.3) is 0 Å². The Hall–Kier alpha value is -1.93. The van der Waals surface area contributed by atoms with Gasteiger partial charge < -0.3 is 20.3 Å². The summed E-state index contributed by atoms with van der Waals surface area (Å²) in [5.74, 6) is 1.84. The molecule has 0 unspecified atom stereocenters. The third-order valence-corrected chi connectivity index (χ3v) is 5.53. The number of thiophene rings is 1. The first-order valence-corrected chi connectivity index (χ1v) is 10.2. The molecule has 1 aliphatic rings. The Morgan fingerprint density at radius 1 is 1.38 bits per heavy atom. The molecule has 1 aliphatic carbocycles. The lowest BCUT2D eigenvalue weighted by Crippen LogP contribution is -2.46. The number of nitrogens with zero attached hydrogens (tertiary/aromatic N) is 4. The summed E-state index contributed by atoms with van der Waals surface area (Å²) in [6.45, 7) is 4.33. The Balaban J connectivity index is 1.55. The lowest BCUT2D eigenvalue weighted by Gasteiger charge is -2.27. The summed E-state index contributed by atoms with van der Waals surface area (Å²) in [4.78, 5) is 5.99. The molecule has 1 saturated carbocycles. The highest BCUT2D eigenvalue weighted by atomic mass is 32.1. The van der Waals surface area contributed by atoms with Crippen molar-refractivity contribution >= 4 is 17.3 Å². The van der Waals surface area contributed by atoms with Crippen molar-refractivity contribution in [2.45, 2.75) is 64.3 Å². The minimum atomic E-state index is -0.145. The third kappa shape index (κ3) is 5.54. The van der Waals surface area contributed by atoms with E-state index >= 15 is 0 Å². The fourth-order valence-corrected chi connectivity index (χ4v) is 3.79. The Morgan fingerprint density at radius 3 is 2.96 bits per heavy atom. The van der Waals surface area contributed by atoms with Crippen LogP contribution in [0.5, 0.6) is 0 Å². The minimum absolute atomic E-state index is 0.145. The number of hydrogen-bond donors (Lipinski definition) is 3. The first-order chi connectivity index (χ1) is 12.7. The van der Waals surface area contributed by atoms with Crippen molar-refractivity contribution in [3.63, 3.8) is 0 Å². The van der Waals surface area contributed by atoms with Crippen LogP contribution in [0.3, 0.4) is 0 Å². The largest absolute Gasteiger partial charge is 0.393 e. The van der Waals surface area contributed by atoms with Crippen molar-refractivity contribution in [3.8, 4) is 0 Å². The van der Waals surface area contributed by atoms with Crippen LogP contribution in [-0.4, -0.2) is 44.5 Å². The number of nitrogens with one attached hydrogen (secondary N) is 2. The van der Waals surface area contributed by atoms with Crippen molar-refractivity contribution in [1.82, 2.24) is 25.4 Å². The SMILES string of the molecule is CCc1nncn1CCNC(=NCc1cccs1)NC1CCC(O)CC1. The number of aliphatic imine (C=N–C) groups is 1. The number of rotatable bonds is 7. The molecule has 2 aromatic rings. The molecule has 8 heteroatoms. The summed E-state index contributed by atoms with van der Waals surface area (Å²) in [6.07, 6.45) is 6.18. The molecule has 0 bridgehead atoms. The van der Waals surface area contributed by atoms with Crippen LogP contribution in [0.15, 0.2) is 28.8 Å². The molecule has 0 aromatic carbocycles. The number of hydrogen-bond acceptors (Lipinski definition) is 5. The summed E-state index contributed by atoms with van der Waals surface area (Å²) in [5.41, 5.74) is 0. The molecule has 26 heavy (non-hydrogen) atoms. The van der Waals surface area contributed by atoms with E-state index in [1.807, 2.05) is 0 Å². The molecular formula is C18H28N6OS. The maximum Gasteiger partial charge on any atom is 0.191 e. The minimum Gasteiger partial charge on any atom is -0.393 e. The van der Waals surface area contributed by atoms with Crippen molar-refractivity contribution in [1.29, 1.82) is 0 Å². The predicted molar refractivity (Wildman–Crippen MR) is 104 cm³/mol. The highest BCUT2D eigenvalue weighted by Gasteiger charge is 2.20. The standard InChI is InChI=1S/C18H28N6OS/c1-2-17-23-21-13-24(17)10-9-19-18(20-12-16-4-3-11-26-16)22-14-5-7-15(25)8-6-14/h3-4,11,13-15,25H,2,5-10,12H2,1H3,(H2,19,20,22). The number of aliphatic hydroxyl groups is 1. The second-order valence-corrected chi connectivity index (χ2v) is 7.65. The smallest absolute Gasteiger partial charge is 0.191 e. The van der Waals surface area contributed by atoms with Crippen molar-refractivity contribution in [3.05, 3.63) is 34.5 Å². The van der Waals surface area contributed by atoms with Crippen molar-refractivity contribution in [2.75, 3.05) is 6.54 Å². The molecule has 0 aliphatic heterocycles. The fourth-order valence-electron chi connectivity index (χ4n) is 3.16. The van der Waals surface area contributed by atoms with E-state index in [0.29, 0.717) is 12.6 Å². The van der Waals surface area contributed by atoms with E-state index in [4.69, 9.17) is 4.99 Å². The van der Waals surface area contributed by atoms with Crippen molar-refractivity contribution < 1.29 is 5.11 Å². The Kier molecular flexibility index (Phi) is 7.02. The summed E-state index contributed by atoms with van der Waals surface area (Å²) >= 11 is 1.72. The zero-order valence-electron chi connectivity index (χ0n) is 15.3. The third-order valence-electron chi connectivity index (χ3n) is 4.67. The van der Waals surface area contributed by atoms with Crippen LogP contribution in [0.2, 0.25) is 0 Å². The van der Waals surface area contributed by atoms with Crippen LogP contribution in [0.25, 0.3) is 0 Å². The molecule has 7 nitrogen and oxygen atoms in total. The first-order valence-electron chi connectivity index (χ1n) is 9.36. The van der Waals surface area contributed by atoms with Gasteiger partial charge in [-0.15, -0.1) is 21.5 Å². The van der Waals surface area contributed by atoms with Gasteiger partial charge in [-0.05, 0) is 37.1 Å². The average Bonchev–Trinajstić information content (AvgIpc) is 3.32. The van der Waals surface area contributed by atoms with Gasteiger partial charge in [0.2, 0.25) is 0 Å². The molecule has 0 saturated heterocycles. The topological polar surface area (TPSA) is 87.4 Å². The van der Waals surface area contributed by atoms with E-state index in [2.05, 4.69) is 49.8 Å². The van der Waals surface area contributed by atoms with Gasteiger partial charge in [0, 0.05) is 30.4 Å². The predicted octanol–water partition coefficient (Wildman–Crippen LogP) is 1.94. The van der Waals surface area contributed by atoms with E-state index in [1.54, 1.807) is 17.7 Å². The van der Waals surface area contributed by atoms with Crippen LogP contribution in [-0.2, 0) is 19.5 Å². The maximum atomic E-state index is 9.70. The monoisotopic (exact) mass is 376 g/mol. The molecule has 0 radical (unpaired) electrons. The van der Waals surface area contributed by atoms with Crippen LogP contribution >= 0.6 is 11.3 Å². The zero-order chi connectivity index (χ0) is 18.2. The molecule has 0 atom stereocenters. The zero-order valence-corrected chi connectivity index (χ0v) is 16.1. The maximum absolute atomic E-state index is 9.70. The van der Waals surface area contributed by atoms with Gasteiger partial charge in [0.15, 0.2) is 5.96 Å². The molecular weight excluding hydrogens is 348 g/mol. The molecule has 0 spiro atoms. The summed E-state index contributed by atoms with van der Waals surface area (Å²) in [6, 6.07) is 4.53. The van der Waals surface area contributed by atoms with Crippen LogP contribution in [0, 0.1) is 0 Å². The van der Waals surface area contributed by atoms with Crippen LogP contribution in [0.1, 0.15) is 43.3 Å². The van der Waals surface area contributed by atoms with Gasteiger partial charge in [-0.2, -0.15) is 0 Å². The molecule has 3 N–H and O–H groups in total. The fraction of sp³-hybridized carbons (Fsp3) is 0.611. The Bertz CT molecular complexity index is 676. The van der Waals surface area contributed by atoms with Crippen LogP contribution in [0.4, 0.5) is 0 Å². The molecule has 142 valence electrons. The molecule has 3 rings (SSSR count). The van der Waals surface area contributed by atoms with Gasteiger partial charge in [-0.3, -0.25) is 0 Å². The second-order valence-electron chi connectivity index (χ2n) is 6.61. The van der Waals surface area contributed by atoms with Gasteiger partial charge in [-0.25, -0.2) is 4.99 Å². The van der Waals surface area contributed by atoms with E-state index in [1.165, 1.54) is 4.88 Å². The Labute approximate surface area is 158 Å². The van der Waals surface area contributed by atoms with E-state index in [0.717, 1.165) is 57.0 Å². The lowest BCUT2D eigenvalue weighted by atomic mass is 9.93. The van der Waals surface area contributed by atoms with Gasteiger partial charge in [-0.1, -0.05) is 13.0 Å². The first kappa shape index (κ1) is 18.8. The summed E-state index contributed by atoms with van der Waals surface area (Å²) in [7, 11) is 0. The summed E-state index contributed by atoms with van der Waals surface area (Å²) < 4.78 is 2.07. The number of aromatic nitrogens is 3. The van der Waals surface area contributed by atoms with Crippen molar-refractivity contribution in [2.24, 2.45) is 4.99 Å². The van der Waals surface area contributed by atoms with Gasteiger partial charge in [0.05, 0.1) is 12.6 Å². The second kappa shape index (κ2) is 9.68. The van der Waals surface area contributed by atoms with Crippen LogP contribution < -0.4 is 10.6 Å². The molecule has 2 heterocycles. The summed E-state index contributed by atoms with van der Waals surface area (Å²) in [5, 5.41) is 26.8. The highest BCUT2D eigenvalue weighted by Crippen LogP contribution is 2.18. The lowest BCUT2D eigenvalue weighted by molar-refractivity contribution is 0.120. The number of aryl methyl sites for hydroxylation is 1. The van der Waals surface area contributed by atoms with Gasteiger partial charge >= 0.3 is 0 Å². The van der Waals surface area contributed by atoms with E-state index in [9.17, 15) is 5.11 Å². The molecule has 2 aromatic heterocycles. The quantitative estimate of drug-likeness (QED) is 0.508. The molecule has 1 fully saturated rings. The average molecular weight is 377 g/mol. The number of aliphatic hydroxyl groups excluding tert-OH is 1. The highest BCUT2D eigenvalue weighted by molar-refractivity contribution is 7.09. The molecule has 0 amide bonds. The normalized spacial score (nSPS) is 20.9. The number of guanidine groups is 1. The van der Waals surface area contributed by atoms with E-state index in [-0.39, 0.29) is 6.10 Å². The van der Waals surface area contributed by atoms with Gasteiger partial charge in [0.1, 0.15) is 12.2 Å².